The van der Waals surface area contributed by atoms with E-state index in [9.17, 15) is 4.79 Å². The molecular formula is C19H23NO4S. The van der Waals surface area contributed by atoms with Crippen molar-refractivity contribution in [2.24, 2.45) is 5.41 Å². The topological polar surface area (TPSA) is 56.8 Å². The standard InChI is InChI=1S/C19H23NO4S/c1-13(2)24-15-8-6-14(7-9-15)20-18(21)19(3)11-22-17(23-12-19)16-5-4-10-25-16/h4-10,13,17H,11-12H2,1-3H3,(H,20,21). The molecular weight excluding hydrogens is 338 g/mol. The Morgan fingerprint density at radius 2 is 1.92 bits per heavy atom. The number of amides is 1. The number of hydrogen-bond donors (Lipinski definition) is 1. The largest absolute Gasteiger partial charge is 0.491 e. The van der Waals surface area contributed by atoms with Gasteiger partial charge in [-0.3, -0.25) is 4.79 Å². The molecule has 1 aliphatic heterocycles. The van der Waals surface area contributed by atoms with E-state index in [0.29, 0.717) is 13.2 Å². The highest BCUT2D eigenvalue weighted by Crippen LogP contribution is 2.34. The van der Waals surface area contributed by atoms with E-state index in [1.54, 1.807) is 11.3 Å². The summed E-state index contributed by atoms with van der Waals surface area (Å²) in [7, 11) is 0. The van der Waals surface area contributed by atoms with Gasteiger partial charge in [-0.2, -0.15) is 0 Å². The first-order valence-corrected chi connectivity index (χ1v) is 9.19. The molecule has 1 N–H and O–H groups in total. The van der Waals surface area contributed by atoms with Crippen molar-refractivity contribution in [2.45, 2.75) is 33.2 Å². The second-order valence-corrected chi connectivity index (χ2v) is 7.65. The van der Waals surface area contributed by atoms with Gasteiger partial charge in [-0.05, 0) is 56.5 Å². The fourth-order valence-electron chi connectivity index (χ4n) is 2.50. The number of benzene rings is 1. The van der Waals surface area contributed by atoms with Gasteiger partial charge in [0.2, 0.25) is 5.91 Å². The Morgan fingerprint density at radius 1 is 1.24 bits per heavy atom. The van der Waals surface area contributed by atoms with Crippen LogP contribution in [0.25, 0.3) is 0 Å². The first-order chi connectivity index (χ1) is 12.0. The van der Waals surface area contributed by atoms with Gasteiger partial charge >= 0.3 is 0 Å². The first-order valence-electron chi connectivity index (χ1n) is 8.31. The number of nitrogens with one attached hydrogen (secondary N) is 1. The average Bonchev–Trinajstić information content (AvgIpc) is 3.11. The van der Waals surface area contributed by atoms with Crippen molar-refractivity contribution >= 4 is 22.9 Å². The molecule has 2 aromatic rings. The third-order valence-corrected chi connectivity index (χ3v) is 4.81. The Hall–Kier alpha value is -1.89. The summed E-state index contributed by atoms with van der Waals surface area (Å²) in [5, 5.41) is 4.91. The summed E-state index contributed by atoms with van der Waals surface area (Å²) < 4.78 is 17.1. The van der Waals surface area contributed by atoms with E-state index in [0.717, 1.165) is 16.3 Å². The highest BCUT2D eigenvalue weighted by atomic mass is 32.1. The zero-order valence-electron chi connectivity index (χ0n) is 14.7. The third-order valence-electron chi connectivity index (χ3n) is 3.91. The molecule has 0 aliphatic carbocycles. The SMILES string of the molecule is CC(C)Oc1ccc(NC(=O)C2(C)COC(c3cccs3)OC2)cc1. The van der Waals surface area contributed by atoms with Crippen LogP contribution in [-0.4, -0.2) is 25.2 Å². The van der Waals surface area contributed by atoms with Crippen molar-refractivity contribution < 1.29 is 19.0 Å². The first kappa shape index (κ1) is 17.9. The minimum absolute atomic E-state index is 0.116. The maximum Gasteiger partial charge on any atom is 0.234 e. The van der Waals surface area contributed by atoms with E-state index in [1.807, 2.05) is 62.5 Å². The van der Waals surface area contributed by atoms with Crippen molar-refractivity contribution in [1.29, 1.82) is 0 Å². The number of carbonyl (C=O) groups is 1. The Morgan fingerprint density at radius 3 is 2.48 bits per heavy atom. The minimum atomic E-state index is -0.721. The fourth-order valence-corrected chi connectivity index (χ4v) is 3.22. The lowest BCUT2D eigenvalue weighted by Crippen LogP contribution is -2.45. The molecule has 0 saturated carbocycles. The van der Waals surface area contributed by atoms with Crippen LogP contribution in [0.3, 0.4) is 0 Å². The predicted molar refractivity (Wildman–Crippen MR) is 97.9 cm³/mol. The highest BCUT2D eigenvalue weighted by molar-refractivity contribution is 7.10. The van der Waals surface area contributed by atoms with Crippen LogP contribution in [-0.2, 0) is 14.3 Å². The Bertz CT molecular complexity index is 689. The van der Waals surface area contributed by atoms with Crippen LogP contribution >= 0.6 is 11.3 Å². The number of ether oxygens (including phenoxy) is 3. The van der Waals surface area contributed by atoms with E-state index < -0.39 is 5.41 Å². The molecule has 0 unspecified atom stereocenters. The van der Waals surface area contributed by atoms with Crippen LogP contribution in [0, 0.1) is 5.41 Å². The van der Waals surface area contributed by atoms with Crippen molar-refractivity contribution in [1.82, 2.24) is 0 Å². The monoisotopic (exact) mass is 361 g/mol. The molecule has 25 heavy (non-hydrogen) atoms. The Labute approximate surface area is 151 Å². The van der Waals surface area contributed by atoms with Crippen LogP contribution in [0.2, 0.25) is 0 Å². The van der Waals surface area contributed by atoms with E-state index in [4.69, 9.17) is 14.2 Å². The van der Waals surface area contributed by atoms with Crippen molar-refractivity contribution in [3.8, 4) is 5.75 Å². The molecule has 6 heteroatoms. The summed E-state index contributed by atoms with van der Waals surface area (Å²) in [6.45, 7) is 6.43. The maximum atomic E-state index is 12.6. The summed E-state index contributed by atoms with van der Waals surface area (Å²) >= 11 is 1.58. The van der Waals surface area contributed by atoms with Crippen LogP contribution in [0.5, 0.6) is 5.75 Å². The van der Waals surface area contributed by atoms with Crippen molar-refractivity contribution in [2.75, 3.05) is 18.5 Å². The zero-order chi connectivity index (χ0) is 17.9. The van der Waals surface area contributed by atoms with Gasteiger partial charge in [-0.1, -0.05) is 6.07 Å². The molecule has 0 radical (unpaired) electrons. The number of thiophene rings is 1. The van der Waals surface area contributed by atoms with E-state index in [2.05, 4.69) is 5.32 Å². The highest BCUT2D eigenvalue weighted by Gasteiger charge is 2.40. The smallest absolute Gasteiger partial charge is 0.234 e. The van der Waals surface area contributed by atoms with Crippen LogP contribution in [0.15, 0.2) is 41.8 Å². The van der Waals surface area contributed by atoms with Crippen molar-refractivity contribution in [3.05, 3.63) is 46.7 Å². The van der Waals surface area contributed by atoms with Gasteiger partial charge in [-0.25, -0.2) is 0 Å². The molecule has 0 spiro atoms. The molecule has 1 amide bonds. The molecule has 1 fully saturated rings. The van der Waals surface area contributed by atoms with Gasteiger partial charge in [0.05, 0.1) is 29.6 Å². The fraction of sp³-hybridized carbons (Fsp3) is 0.421. The number of rotatable bonds is 5. The van der Waals surface area contributed by atoms with E-state index in [-0.39, 0.29) is 18.3 Å². The summed E-state index contributed by atoms with van der Waals surface area (Å²) in [6, 6.07) is 11.3. The summed E-state index contributed by atoms with van der Waals surface area (Å²) in [6.07, 6.45) is -0.263. The summed E-state index contributed by atoms with van der Waals surface area (Å²) in [5.41, 5.74) is 0.00337. The van der Waals surface area contributed by atoms with E-state index in [1.165, 1.54) is 0 Å². The Kier molecular flexibility index (Phi) is 5.42. The normalized spacial score (nSPS) is 23.4. The molecule has 5 nitrogen and oxygen atoms in total. The second kappa shape index (κ2) is 7.56. The van der Waals surface area contributed by atoms with Crippen LogP contribution in [0.1, 0.15) is 31.9 Å². The molecule has 3 rings (SSSR count). The summed E-state index contributed by atoms with van der Waals surface area (Å²) in [5.74, 6) is 0.664. The maximum absolute atomic E-state index is 12.6. The number of anilines is 1. The van der Waals surface area contributed by atoms with Gasteiger partial charge < -0.3 is 19.5 Å². The molecule has 134 valence electrons. The van der Waals surface area contributed by atoms with Crippen LogP contribution in [0.4, 0.5) is 5.69 Å². The molecule has 1 saturated heterocycles. The average molecular weight is 361 g/mol. The third kappa shape index (κ3) is 4.39. The molecule has 0 atom stereocenters. The lowest BCUT2D eigenvalue weighted by Gasteiger charge is -2.35. The van der Waals surface area contributed by atoms with Crippen molar-refractivity contribution in [3.63, 3.8) is 0 Å². The summed E-state index contributed by atoms with van der Waals surface area (Å²) in [4.78, 5) is 13.7. The molecule has 2 heterocycles. The van der Waals surface area contributed by atoms with Gasteiger partial charge in [0.1, 0.15) is 5.75 Å². The number of carbonyl (C=O) groups excluding carboxylic acids is 1. The second-order valence-electron chi connectivity index (χ2n) is 6.68. The lowest BCUT2D eigenvalue weighted by atomic mass is 9.90. The quantitative estimate of drug-likeness (QED) is 0.866. The zero-order valence-corrected chi connectivity index (χ0v) is 15.5. The van der Waals surface area contributed by atoms with E-state index >= 15 is 0 Å². The molecule has 1 aliphatic rings. The van der Waals surface area contributed by atoms with Crippen LogP contribution < -0.4 is 10.1 Å². The Balaban J connectivity index is 1.57. The van der Waals surface area contributed by atoms with Gasteiger partial charge in [0, 0.05) is 5.69 Å². The van der Waals surface area contributed by atoms with Gasteiger partial charge in [0.15, 0.2) is 6.29 Å². The number of hydrogen-bond acceptors (Lipinski definition) is 5. The predicted octanol–water partition coefficient (Wildman–Crippen LogP) is 4.23. The minimum Gasteiger partial charge on any atom is -0.491 e. The molecule has 1 aromatic carbocycles. The molecule has 1 aromatic heterocycles. The van der Waals surface area contributed by atoms with Gasteiger partial charge in [0.25, 0.3) is 0 Å². The molecule has 0 bridgehead atoms. The van der Waals surface area contributed by atoms with Gasteiger partial charge in [-0.15, -0.1) is 11.3 Å². The lowest BCUT2D eigenvalue weighted by molar-refractivity contribution is -0.225.